The normalized spacial score (nSPS) is 41.9. The van der Waals surface area contributed by atoms with Crippen molar-refractivity contribution in [3.8, 4) is 0 Å². The molecule has 3 aliphatic rings. The summed E-state index contributed by atoms with van der Waals surface area (Å²) in [5.41, 5.74) is 0. The van der Waals surface area contributed by atoms with E-state index >= 15 is 0 Å². The van der Waals surface area contributed by atoms with Crippen molar-refractivity contribution >= 4 is 11.9 Å². The van der Waals surface area contributed by atoms with Crippen LogP contribution in [0.15, 0.2) is 0 Å². The zero-order valence-electron chi connectivity index (χ0n) is 9.34. The summed E-state index contributed by atoms with van der Waals surface area (Å²) < 4.78 is 35.4. The average molecular weight is 262 g/mol. The summed E-state index contributed by atoms with van der Waals surface area (Å²) >= 11 is 0. The van der Waals surface area contributed by atoms with E-state index < -0.39 is 24.1 Å². The van der Waals surface area contributed by atoms with Crippen LogP contribution >= 0.6 is 0 Å². The lowest BCUT2D eigenvalue weighted by Crippen LogP contribution is -2.41. The van der Waals surface area contributed by atoms with Gasteiger partial charge in [0.15, 0.2) is 0 Å². The van der Waals surface area contributed by atoms with E-state index in [0.29, 0.717) is 19.4 Å². The zero-order chi connectivity index (χ0) is 13.1. The largest absolute Gasteiger partial charge is 0.475 e. The predicted octanol–water partition coefficient (Wildman–Crippen LogP) is 0.878. The molecule has 0 spiro atoms. The smallest absolute Gasteiger partial charge is 0.456 e. The van der Waals surface area contributed by atoms with Crippen molar-refractivity contribution in [2.75, 3.05) is 6.61 Å². The van der Waals surface area contributed by atoms with E-state index in [1.54, 1.807) is 0 Å². The Morgan fingerprint density at radius 2 is 2.11 bits per heavy atom. The van der Waals surface area contributed by atoms with Crippen LogP contribution in [0.25, 0.3) is 0 Å². The first-order valence-electron chi connectivity index (χ1n) is 5.86. The third-order valence-corrected chi connectivity index (χ3v) is 4.35. The van der Waals surface area contributed by atoms with Crippen LogP contribution in [0.2, 0.25) is 0 Å². The highest BCUT2D eigenvalue weighted by molar-refractivity contribution is 5.76. The Morgan fingerprint density at radius 3 is 2.78 bits per heavy atom. The van der Waals surface area contributed by atoms with Crippen LogP contribution in [-0.2, 0) is 19.1 Å². The molecule has 3 fully saturated rings. The van der Waals surface area contributed by atoms with Gasteiger partial charge in [0, 0.05) is 5.92 Å². The van der Waals surface area contributed by atoms with E-state index in [4.69, 9.17) is 9.84 Å². The molecular weight excluding hydrogens is 250 g/mol. The SMILES string of the molecule is O=C1OCC2C3CC(OC(F)(F)C(=O)O)C(C3)C12. The van der Waals surface area contributed by atoms with Crippen molar-refractivity contribution in [1.82, 2.24) is 0 Å². The van der Waals surface area contributed by atoms with Gasteiger partial charge in [-0.1, -0.05) is 0 Å². The monoisotopic (exact) mass is 262 g/mol. The molecule has 7 heteroatoms. The van der Waals surface area contributed by atoms with Crippen molar-refractivity contribution in [2.24, 2.45) is 23.7 Å². The number of alkyl halides is 2. The molecule has 0 aromatic rings. The first-order chi connectivity index (χ1) is 8.40. The van der Waals surface area contributed by atoms with Crippen LogP contribution in [0.3, 0.4) is 0 Å². The molecule has 100 valence electrons. The van der Waals surface area contributed by atoms with Gasteiger partial charge in [0.2, 0.25) is 0 Å². The van der Waals surface area contributed by atoms with Gasteiger partial charge in [-0.25, -0.2) is 4.79 Å². The molecule has 0 aromatic carbocycles. The Bertz CT molecular complexity index is 410. The second-order valence-electron chi connectivity index (χ2n) is 5.19. The summed E-state index contributed by atoms with van der Waals surface area (Å²) in [4.78, 5) is 21.8. The van der Waals surface area contributed by atoms with Gasteiger partial charge in [-0.15, -0.1) is 0 Å². The number of carbonyl (C=O) groups is 2. The van der Waals surface area contributed by atoms with E-state index in [1.807, 2.05) is 0 Å². The molecule has 2 aliphatic carbocycles. The Balaban J connectivity index is 1.75. The van der Waals surface area contributed by atoms with Gasteiger partial charge in [0.1, 0.15) is 0 Å². The molecule has 5 nitrogen and oxygen atoms in total. The van der Waals surface area contributed by atoms with Crippen LogP contribution in [0.1, 0.15) is 12.8 Å². The van der Waals surface area contributed by atoms with Crippen LogP contribution in [0.4, 0.5) is 8.78 Å². The first kappa shape index (κ1) is 11.8. The zero-order valence-corrected chi connectivity index (χ0v) is 9.34. The van der Waals surface area contributed by atoms with Gasteiger partial charge in [-0.3, -0.25) is 4.79 Å². The highest BCUT2D eigenvalue weighted by Crippen LogP contribution is 2.56. The van der Waals surface area contributed by atoms with Gasteiger partial charge in [-0.2, -0.15) is 8.78 Å². The van der Waals surface area contributed by atoms with Crippen LogP contribution < -0.4 is 0 Å². The molecule has 18 heavy (non-hydrogen) atoms. The highest BCUT2D eigenvalue weighted by Gasteiger charge is 2.61. The number of carbonyl (C=O) groups excluding carboxylic acids is 1. The maximum Gasteiger partial charge on any atom is 0.456 e. The molecule has 0 radical (unpaired) electrons. The Morgan fingerprint density at radius 1 is 1.39 bits per heavy atom. The molecule has 1 N–H and O–H groups in total. The van der Waals surface area contributed by atoms with Crippen molar-refractivity contribution in [2.45, 2.75) is 25.1 Å². The van der Waals surface area contributed by atoms with E-state index in [1.165, 1.54) is 0 Å². The topological polar surface area (TPSA) is 72.8 Å². The number of carboxylic acids is 1. The average Bonchev–Trinajstić information content (AvgIpc) is 2.90. The molecule has 2 saturated carbocycles. The fraction of sp³-hybridized carbons (Fsp3) is 0.818. The Labute approximate surface area is 101 Å². The van der Waals surface area contributed by atoms with Crippen molar-refractivity contribution in [3.63, 3.8) is 0 Å². The molecule has 2 bridgehead atoms. The lowest BCUT2D eigenvalue weighted by Gasteiger charge is -2.29. The third kappa shape index (κ3) is 1.53. The predicted molar refractivity (Wildman–Crippen MR) is 51.6 cm³/mol. The minimum Gasteiger partial charge on any atom is -0.475 e. The molecule has 1 aliphatic heterocycles. The fourth-order valence-corrected chi connectivity index (χ4v) is 3.65. The summed E-state index contributed by atoms with van der Waals surface area (Å²) in [6, 6.07) is 0. The number of hydrogen-bond donors (Lipinski definition) is 1. The number of cyclic esters (lactones) is 1. The van der Waals surface area contributed by atoms with Crippen molar-refractivity contribution in [1.29, 1.82) is 0 Å². The second-order valence-corrected chi connectivity index (χ2v) is 5.19. The summed E-state index contributed by atoms with van der Waals surface area (Å²) in [6.45, 7) is 0.354. The fourth-order valence-electron chi connectivity index (χ4n) is 3.65. The van der Waals surface area contributed by atoms with Gasteiger partial charge in [0.25, 0.3) is 0 Å². The van der Waals surface area contributed by atoms with Gasteiger partial charge < -0.3 is 14.6 Å². The standard InChI is InChI=1S/C11H12F2O5/c12-11(13,10(15)16)18-7-2-4-1-5(7)8-6(4)3-17-9(8)14/h4-8H,1-3H2,(H,15,16). The molecule has 1 heterocycles. The Hall–Kier alpha value is -1.24. The Kier molecular flexibility index (Phi) is 2.38. The first-order valence-corrected chi connectivity index (χ1v) is 5.86. The number of rotatable bonds is 3. The number of fused-ring (bicyclic) bond motifs is 5. The van der Waals surface area contributed by atoms with Crippen LogP contribution in [0, 0.1) is 23.7 Å². The number of ether oxygens (including phenoxy) is 2. The summed E-state index contributed by atoms with van der Waals surface area (Å²) in [5, 5.41) is 8.34. The molecule has 0 aromatic heterocycles. The van der Waals surface area contributed by atoms with Crippen molar-refractivity contribution in [3.05, 3.63) is 0 Å². The molecule has 1 saturated heterocycles. The number of esters is 1. The molecule has 3 rings (SSSR count). The number of carboxylic acid groups (broad SMARTS) is 1. The van der Waals surface area contributed by atoms with Crippen LogP contribution in [0.5, 0.6) is 0 Å². The third-order valence-electron chi connectivity index (χ3n) is 4.35. The maximum absolute atomic E-state index is 13.0. The summed E-state index contributed by atoms with van der Waals surface area (Å²) in [6.07, 6.45) is -4.03. The van der Waals surface area contributed by atoms with E-state index in [0.717, 1.165) is 0 Å². The molecule has 5 atom stereocenters. The minimum absolute atomic E-state index is 0.0980. The molecule has 0 amide bonds. The van der Waals surface area contributed by atoms with Gasteiger partial charge in [-0.05, 0) is 24.7 Å². The van der Waals surface area contributed by atoms with Crippen LogP contribution in [-0.4, -0.2) is 35.9 Å². The second kappa shape index (κ2) is 3.63. The summed E-state index contributed by atoms with van der Waals surface area (Å²) in [5.74, 6) is -3.16. The van der Waals surface area contributed by atoms with Gasteiger partial charge in [0.05, 0.1) is 18.6 Å². The van der Waals surface area contributed by atoms with Gasteiger partial charge >= 0.3 is 18.0 Å². The molecule has 5 unspecified atom stereocenters. The number of halogens is 2. The quantitative estimate of drug-likeness (QED) is 0.764. The number of hydrogen-bond acceptors (Lipinski definition) is 4. The lowest BCUT2D eigenvalue weighted by molar-refractivity contribution is -0.270. The number of aliphatic carboxylic acids is 1. The van der Waals surface area contributed by atoms with E-state index in [-0.39, 0.29) is 23.7 Å². The van der Waals surface area contributed by atoms with E-state index in [9.17, 15) is 18.4 Å². The highest BCUT2D eigenvalue weighted by atomic mass is 19.3. The van der Waals surface area contributed by atoms with E-state index in [2.05, 4.69) is 4.74 Å². The molecular formula is C11H12F2O5. The minimum atomic E-state index is -4.19. The maximum atomic E-state index is 13.0. The lowest BCUT2D eigenvalue weighted by atomic mass is 9.80. The summed E-state index contributed by atoms with van der Waals surface area (Å²) in [7, 11) is 0. The van der Waals surface area contributed by atoms with Crippen molar-refractivity contribution < 1.29 is 33.0 Å².